The van der Waals surface area contributed by atoms with E-state index in [4.69, 9.17) is 10.5 Å². The van der Waals surface area contributed by atoms with E-state index in [9.17, 15) is 0 Å². The first-order chi connectivity index (χ1) is 9.43. The fraction of sp³-hybridized carbons (Fsp3) is 0.357. The third-order valence-corrected chi connectivity index (χ3v) is 3.57. The third-order valence-electron chi connectivity index (χ3n) is 3.07. The molecule has 0 bridgehead atoms. The van der Waals surface area contributed by atoms with E-state index < -0.39 is 0 Å². The quantitative estimate of drug-likeness (QED) is 0.893. The second-order valence-corrected chi connectivity index (χ2v) is 5.81. The molecule has 0 fully saturated rings. The third kappa shape index (κ3) is 2.75. The van der Waals surface area contributed by atoms with Crippen molar-refractivity contribution in [1.29, 1.82) is 0 Å². The van der Waals surface area contributed by atoms with Crippen molar-refractivity contribution in [1.82, 2.24) is 9.78 Å². The average Bonchev–Trinajstić information content (AvgIpc) is 2.67. The average molecular weight is 339 g/mol. The SMILES string of the molecule is COc1ccc(Br)cc1Nc1c(N)c(C(C)C)nn1C. The number of anilines is 3. The van der Waals surface area contributed by atoms with Crippen molar-refractivity contribution in [2.45, 2.75) is 19.8 Å². The highest BCUT2D eigenvalue weighted by Gasteiger charge is 2.17. The normalized spacial score (nSPS) is 10.9. The van der Waals surface area contributed by atoms with Crippen LogP contribution in [0.2, 0.25) is 0 Å². The van der Waals surface area contributed by atoms with Crippen LogP contribution in [0.1, 0.15) is 25.5 Å². The van der Waals surface area contributed by atoms with E-state index in [2.05, 4.69) is 40.2 Å². The molecule has 2 rings (SSSR count). The highest BCUT2D eigenvalue weighted by Crippen LogP contribution is 2.34. The molecule has 0 amide bonds. The summed E-state index contributed by atoms with van der Waals surface area (Å²) in [5, 5.41) is 7.76. The van der Waals surface area contributed by atoms with Crippen molar-refractivity contribution in [3.05, 3.63) is 28.4 Å². The Morgan fingerprint density at radius 1 is 1.40 bits per heavy atom. The minimum Gasteiger partial charge on any atom is -0.495 e. The van der Waals surface area contributed by atoms with Crippen molar-refractivity contribution in [2.24, 2.45) is 7.05 Å². The molecule has 2 aromatic rings. The van der Waals surface area contributed by atoms with Gasteiger partial charge in [0, 0.05) is 11.5 Å². The Bertz CT molecular complexity index is 622. The van der Waals surface area contributed by atoms with Gasteiger partial charge in [-0.2, -0.15) is 5.10 Å². The minimum atomic E-state index is 0.279. The van der Waals surface area contributed by atoms with Gasteiger partial charge in [-0.15, -0.1) is 0 Å². The Morgan fingerprint density at radius 3 is 2.65 bits per heavy atom. The Balaban J connectivity index is 2.42. The predicted octanol–water partition coefficient (Wildman–Crippen LogP) is 3.64. The molecule has 108 valence electrons. The van der Waals surface area contributed by atoms with Crippen LogP contribution >= 0.6 is 15.9 Å². The smallest absolute Gasteiger partial charge is 0.152 e. The van der Waals surface area contributed by atoms with E-state index in [0.29, 0.717) is 5.69 Å². The number of methoxy groups -OCH3 is 1. The molecule has 20 heavy (non-hydrogen) atoms. The maximum Gasteiger partial charge on any atom is 0.152 e. The van der Waals surface area contributed by atoms with Gasteiger partial charge in [0.15, 0.2) is 5.82 Å². The van der Waals surface area contributed by atoms with Gasteiger partial charge in [-0.05, 0) is 24.1 Å². The molecule has 0 spiro atoms. The van der Waals surface area contributed by atoms with Crippen LogP contribution in [0.15, 0.2) is 22.7 Å². The zero-order valence-corrected chi connectivity index (χ0v) is 13.7. The summed E-state index contributed by atoms with van der Waals surface area (Å²) in [6, 6.07) is 5.76. The molecule has 1 heterocycles. The number of nitrogens with one attached hydrogen (secondary N) is 1. The number of rotatable bonds is 4. The zero-order chi connectivity index (χ0) is 14.9. The molecule has 0 atom stereocenters. The molecule has 0 aliphatic carbocycles. The van der Waals surface area contributed by atoms with Gasteiger partial charge in [-0.3, -0.25) is 4.68 Å². The number of nitrogen functional groups attached to an aromatic ring is 1. The van der Waals surface area contributed by atoms with Crippen molar-refractivity contribution < 1.29 is 4.74 Å². The molecular weight excluding hydrogens is 320 g/mol. The van der Waals surface area contributed by atoms with E-state index >= 15 is 0 Å². The van der Waals surface area contributed by atoms with Gasteiger partial charge in [0.1, 0.15) is 5.75 Å². The fourth-order valence-electron chi connectivity index (χ4n) is 2.04. The second-order valence-electron chi connectivity index (χ2n) is 4.90. The predicted molar refractivity (Wildman–Crippen MR) is 85.7 cm³/mol. The Labute approximate surface area is 127 Å². The van der Waals surface area contributed by atoms with Crippen LogP contribution in [-0.4, -0.2) is 16.9 Å². The molecule has 6 heteroatoms. The number of hydrogen-bond donors (Lipinski definition) is 2. The van der Waals surface area contributed by atoms with Gasteiger partial charge in [0.2, 0.25) is 0 Å². The molecular formula is C14H19BrN4O. The van der Waals surface area contributed by atoms with Crippen molar-refractivity contribution >= 4 is 33.1 Å². The Kier molecular flexibility index (Phi) is 4.23. The Morgan fingerprint density at radius 2 is 2.10 bits per heavy atom. The number of ether oxygens (including phenoxy) is 1. The summed E-state index contributed by atoms with van der Waals surface area (Å²) in [4.78, 5) is 0. The lowest BCUT2D eigenvalue weighted by atomic mass is 10.1. The van der Waals surface area contributed by atoms with Crippen LogP contribution in [0, 0.1) is 0 Å². The molecule has 0 unspecified atom stereocenters. The molecule has 5 nitrogen and oxygen atoms in total. The Hall–Kier alpha value is -1.69. The van der Waals surface area contributed by atoms with E-state index in [1.165, 1.54) is 0 Å². The number of nitrogens with zero attached hydrogens (tertiary/aromatic N) is 2. The van der Waals surface area contributed by atoms with Crippen molar-refractivity contribution in [3.8, 4) is 5.75 Å². The second kappa shape index (κ2) is 5.75. The summed E-state index contributed by atoms with van der Waals surface area (Å²) in [6.45, 7) is 4.14. The summed E-state index contributed by atoms with van der Waals surface area (Å²) < 4.78 is 8.07. The maximum atomic E-state index is 6.18. The number of aryl methyl sites for hydroxylation is 1. The largest absolute Gasteiger partial charge is 0.495 e. The number of aromatic nitrogens is 2. The molecule has 0 aliphatic rings. The number of hydrogen-bond acceptors (Lipinski definition) is 4. The highest BCUT2D eigenvalue weighted by molar-refractivity contribution is 9.10. The lowest BCUT2D eigenvalue weighted by Crippen LogP contribution is -2.02. The fourth-order valence-corrected chi connectivity index (χ4v) is 2.40. The van der Waals surface area contributed by atoms with E-state index in [0.717, 1.165) is 27.4 Å². The topological polar surface area (TPSA) is 65.1 Å². The van der Waals surface area contributed by atoms with Crippen LogP contribution < -0.4 is 15.8 Å². The molecule has 1 aromatic heterocycles. The summed E-state index contributed by atoms with van der Waals surface area (Å²) >= 11 is 3.46. The minimum absolute atomic E-state index is 0.279. The van der Waals surface area contributed by atoms with Crippen LogP contribution in [0.5, 0.6) is 5.75 Å². The van der Waals surface area contributed by atoms with Crippen LogP contribution in [0.4, 0.5) is 17.2 Å². The first-order valence-corrected chi connectivity index (χ1v) is 7.16. The van der Waals surface area contributed by atoms with Crippen molar-refractivity contribution in [2.75, 3.05) is 18.2 Å². The van der Waals surface area contributed by atoms with Gasteiger partial charge >= 0.3 is 0 Å². The molecule has 0 radical (unpaired) electrons. The highest BCUT2D eigenvalue weighted by atomic mass is 79.9. The molecule has 1 aromatic carbocycles. The zero-order valence-electron chi connectivity index (χ0n) is 12.1. The lowest BCUT2D eigenvalue weighted by Gasteiger charge is -2.12. The van der Waals surface area contributed by atoms with Gasteiger partial charge in [0.05, 0.1) is 24.2 Å². The van der Waals surface area contributed by atoms with Crippen LogP contribution in [0.25, 0.3) is 0 Å². The van der Waals surface area contributed by atoms with E-state index in [1.54, 1.807) is 11.8 Å². The molecule has 0 saturated carbocycles. The molecule has 0 saturated heterocycles. The van der Waals surface area contributed by atoms with Gasteiger partial charge in [-0.1, -0.05) is 29.8 Å². The standard InChI is InChI=1S/C14H19BrN4O/c1-8(2)13-12(16)14(19(3)18-13)17-10-7-9(15)5-6-11(10)20-4/h5-8,17H,16H2,1-4H3. The molecule has 3 N–H and O–H groups in total. The van der Waals surface area contributed by atoms with Gasteiger partial charge in [-0.25, -0.2) is 0 Å². The van der Waals surface area contributed by atoms with Crippen molar-refractivity contribution in [3.63, 3.8) is 0 Å². The number of benzene rings is 1. The summed E-state index contributed by atoms with van der Waals surface area (Å²) in [6.07, 6.45) is 0. The van der Waals surface area contributed by atoms with E-state index in [1.807, 2.05) is 25.2 Å². The summed E-state index contributed by atoms with van der Waals surface area (Å²) in [5.74, 6) is 1.80. The molecule has 0 aliphatic heterocycles. The van der Waals surface area contributed by atoms with Crippen LogP contribution in [0.3, 0.4) is 0 Å². The summed E-state index contributed by atoms with van der Waals surface area (Å²) in [7, 11) is 3.51. The van der Waals surface area contributed by atoms with Gasteiger partial charge in [0.25, 0.3) is 0 Å². The van der Waals surface area contributed by atoms with E-state index in [-0.39, 0.29) is 5.92 Å². The first-order valence-electron chi connectivity index (χ1n) is 6.37. The summed E-state index contributed by atoms with van der Waals surface area (Å²) in [5.41, 5.74) is 8.59. The van der Waals surface area contributed by atoms with Crippen LogP contribution in [-0.2, 0) is 7.05 Å². The maximum absolute atomic E-state index is 6.18. The lowest BCUT2D eigenvalue weighted by molar-refractivity contribution is 0.416. The number of nitrogens with two attached hydrogens (primary N) is 1. The number of halogens is 1. The first kappa shape index (κ1) is 14.7. The monoisotopic (exact) mass is 338 g/mol. The van der Waals surface area contributed by atoms with Gasteiger partial charge < -0.3 is 15.8 Å².